The van der Waals surface area contributed by atoms with Crippen LogP contribution in [0.15, 0.2) is 30.4 Å². The molecule has 1 aromatic heterocycles. The Balaban J connectivity index is 2.91. The van der Waals surface area contributed by atoms with E-state index in [0.29, 0.717) is 24.0 Å². The topological polar surface area (TPSA) is 3.88 Å². The number of nitrogens with zero attached hydrogens (tertiary/aromatic N) is 1. The summed E-state index contributed by atoms with van der Waals surface area (Å²) < 4.78 is 26.3. The van der Waals surface area contributed by atoms with Crippen LogP contribution < -0.4 is 4.57 Å². The van der Waals surface area contributed by atoms with Crippen LogP contribution in [0.4, 0.5) is 0 Å². The number of benzene rings is 1. The molecule has 0 amide bonds. The molecule has 0 saturated carbocycles. The van der Waals surface area contributed by atoms with Gasteiger partial charge in [0.05, 0.1) is 2.74 Å². The first-order valence-corrected chi connectivity index (χ1v) is 5.80. The average molecular weight is 229 g/mol. The molecule has 1 aromatic carbocycles. The van der Waals surface area contributed by atoms with Gasteiger partial charge in [-0.15, -0.1) is 0 Å². The van der Waals surface area contributed by atoms with Crippen LogP contribution in [0.1, 0.15) is 26.4 Å². The fraction of sp³-hybridized carbons (Fsp3) is 0.312. The van der Waals surface area contributed by atoms with E-state index in [2.05, 4.69) is 0 Å². The third kappa shape index (κ3) is 2.23. The number of aromatic nitrogens is 1. The van der Waals surface area contributed by atoms with Crippen molar-refractivity contribution in [3.8, 4) is 11.3 Å². The number of pyridine rings is 1. The maximum Gasteiger partial charge on any atom is 0.212 e. The van der Waals surface area contributed by atoms with Gasteiger partial charge in [0.2, 0.25) is 5.69 Å². The van der Waals surface area contributed by atoms with Crippen LogP contribution in [0.3, 0.4) is 0 Å². The standard InChI is InChI=1S/C16H20N/c1-11-6-7-12(2)15(8-11)16-9-13(3)14(4)10-17(16)5/h6-10H,1-5H3/q+1/i7D,9D,10D. The number of hydrogen-bond donors (Lipinski definition) is 0. The quantitative estimate of drug-likeness (QED) is 0.660. The van der Waals surface area contributed by atoms with Crippen LogP contribution in [0, 0.1) is 27.7 Å². The summed E-state index contributed by atoms with van der Waals surface area (Å²) >= 11 is 0. The molecule has 1 heteroatoms. The maximum absolute atomic E-state index is 8.38. The number of hydrogen-bond acceptors (Lipinski definition) is 0. The average Bonchev–Trinajstić information content (AvgIpc) is 2.39. The molecule has 0 unspecified atom stereocenters. The van der Waals surface area contributed by atoms with Crippen molar-refractivity contribution in [2.45, 2.75) is 27.7 Å². The second-order valence-corrected chi connectivity index (χ2v) is 4.61. The van der Waals surface area contributed by atoms with Gasteiger partial charge in [0, 0.05) is 17.2 Å². The lowest BCUT2D eigenvalue weighted by atomic mass is 10.00. The predicted octanol–water partition coefficient (Wildman–Crippen LogP) is 3.41. The Hall–Kier alpha value is -1.63. The van der Waals surface area contributed by atoms with Gasteiger partial charge in [-0.25, -0.2) is 4.57 Å². The van der Waals surface area contributed by atoms with Crippen molar-refractivity contribution in [2.24, 2.45) is 7.05 Å². The minimum Gasteiger partial charge on any atom is -0.201 e. The molecule has 17 heavy (non-hydrogen) atoms. The Bertz CT molecular complexity index is 677. The molecule has 1 heterocycles. The summed E-state index contributed by atoms with van der Waals surface area (Å²) in [6.07, 6.45) is 0.418. The van der Waals surface area contributed by atoms with Crippen molar-refractivity contribution >= 4 is 0 Å². The molecule has 88 valence electrons. The van der Waals surface area contributed by atoms with Crippen LogP contribution in [-0.2, 0) is 7.05 Å². The van der Waals surface area contributed by atoms with Gasteiger partial charge in [-0.2, -0.15) is 0 Å². The second-order valence-electron chi connectivity index (χ2n) is 4.61. The molecule has 0 atom stereocenters. The molecule has 2 rings (SSSR count). The van der Waals surface area contributed by atoms with E-state index >= 15 is 0 Å². The molecule has 0 spiro atoms. The van der Waals surface area contributed by atoms with Gasteiger partial charge in [0.15, 0.2) is 6.17 Å². The van der Waals surface area contributed by atoms with Crippen molar-refractivity contribution < 1.29 is 8.68 Å². The number of rotatable bonds is 1. The van der Waals surface area contributed by atoms with E-state index in [1.54, 1.807) is 4.57 Å². The van der Waals surface area contributed by atoms with Gasteiger partial charge in [-0.3, -0.25) is 0 Å². The van der Waals surface area contributed by atoms with Crippen molar-refractivity contribution in [2.75, 3.05) is 0 Å². The zero-order valence-electron chi connectivity index (χ0n) is 14.1. The van der Waals surface area contributed by atoms with E-state index < -0.39 is 0 Å². The Morgan fingerprint density at radius 3 is 2.47 bits per heavy atom. The monoisotopic (exact) mass is 229 g/mol. The highest BCUT2D eigenvalue weighted by Gasteiger charge is 2.14. The highest BCUT2D eigenvalue weighted by Crippen LogP contribution is 2.23. The fourth-order valence-electron chi connectivity index (χ4n) is 1.92. The molecule has 0 saturated heterocycles. The van der Waals surface area contributed by atoms with Gasteiger partial charge in [0.1, 0.15) is 8.42 Å². The maximum atomic E-state index is 8.38. The van der Waals surface area contributed by atoms with Crippen LogP contribution in [-0.4, -0.2) is 0 Å². The fourth-order valence-corrected chi connectivity index (χ4v) is 1.92. The lowest BCUT2D eigenvalue weighted by molar-refractivity contribution is -0.660. The van der Waals surface area contributed by atoms with Crippen molar-refractivity contribution in [1.82, 2.24) is 0 Å². The Kier molecular flexibility index (Phi) is 2.15. The lowest BCUT2D eigenvalue weighted by Crippen LogP contribution is -2.31. The van der Waals surface area contributed by atoms with E-state index in [0.717, 1.165) is 27.8 Å². The summed E-state index contributed by atoms with van der Waals surface area (Å²) in [5.41, 5.74) is 5.10. The van der Waals surface area contributed by atoms with Crippen molar-refractivity contribution in [1.29, 1.82) is 0 Å². The normalized spacial score (nSPS) is 13.1. The summed E-state index contributed by atoms with van der Waals surface area (Å²) in [4.78, 5) is 0. The minimum atomic E-state index is 0.418. The summed E-state index contributed by atoms with van der Waals surface area (Å²) in [6.45, 7) is 7.60. The first-order valence-electron chi connectivity index (χ1n) is 7.30. The van der Waals surface area contributed by atoms with Crippen LogP contribution in [0.5, 0.6) is 0 Å². The Labute approximate surface area is 108 Å². The van der Waals surface area contributed by atoms with E-state index in [4.69, 9.17) is 4.11 Å². The molecular weight excluding hydrogens is 206 g/mol. The molecule has 0 aliphatic carbocycles. The number of aryl methyl sites for hydroxylation is 1. The SMILES string of the molecule is [2H]c1cc(C)cc(-c2c([2H])c(C)c(C)c([2H])[n+]2C)c1C. The summed E-state index contributed by atoms with van der Waals surface area (Å²) in [7, 11) is 1.81. The van der Waals surface area contributed by atoms with Crippen molar-refractivity contribution in [3.05, 3.63) is 52.6 Å². The van der Waals surface area contributed by atoms with Gasteiger partial charge >= 0.3 is 0 Å². The van der Waals surface area contributed by atoms with Crippen molar-refractivity contribution in [3.63, 3.8) is 0 Å². The molecule has 0 aliphatic rings. The molecule has 0 N–H and O–H groups in total. The minimum absolute atomic E-state index is 0.418. The highest BCUT2D eigenvalue weighted by molar-refractivity contribution is 5.62. The van der Waals surface area contributed by atoms with Crippen LogP contribution in [0.25, 0.3) is 11.3 Å². The molecule has 0 radical (unpaired) electrons. The van der Waals surface area contributed by atoms with E-state index in [9.17, 15) is 0 Å². The van der Waals surface area contributed by atoms with Gasteiger partial charge < -0.3 is 0 Å². The summed E-state index contributed by atoms with van der Waals surface area (Å²) in [6, 6.07) is 4.73. The third-order valence-electron chi connectivity index (χ3n) is 3.09. The molecule has 2 aromatic rings. The van der Waals surface area contributed by atoms with Gasteiger partial charge in [-0.05, 0) is 44.9 Å². The zero-order valence-corrected chi connectivity index (χ0v) is 11.1. The molecule has 0 bridgehead atoms. The second kappa shape index (κ2) is 4.33. The van der Waals surface area contributed by atoms with Gasteiger partial charge in [0.25, 0.3) is 0 Å². The molecule has 0 fully saturated rings. The third-order valence-corrected chi connectivity index (χ3v) is 3.09. The summed E-state index contributed by atoms with van der Waals surface area (Å²) in [5, 5.41) is 0. The summed E-state index contributed by atoms with van der Waals surface area (Å²) in [5.74, 6) is 0. The first-order chi connectivity index (χ1) is 9.25. The largest absolute Gasteiger partial charge is 0.212 e. The van der Waals surface area contributed by atoms with E-state index in [-0.39, 0.29) is 0 Å². The smallest absolute Gasteiger partial charge is 0.201 e. The highest BCUT2D eigenvalue weighted by atomic mass is 14.9. The van der Waals surface area contributed by atoms with Crippen LogP contribution >= 0.6 is 0 Å². The van der Waals surface area contributed by atoms with Crippen LogP contribution in [0.2, 0.25) is 0 Å². The van der Waals surface area contributed by atoms with E-state index in [1.165, 1.54) is 0 Å². The van der Waals surface area contributed by atoms with Gasteiger partial charge in [-0.1, -0.05) is 17.7 Å². The predicted molar refractivity (Wildman–Crippen MR) is 72.0 cm³/mol. The van der Waals surface area contributed by atoms with E-state index in [1.807, 2.05) is 46.9 Å². The zero-order chi connectivity index (χ0) is 15.2. The molecule has 0 aliphatic heterocycles. The first kappa shape index (κ1) is 8.46. The molecule has 1 nitrogen and oxygen atoms in total. The molecular formula is C16H20N+. The Morgan fingerprint density at radius 1 is 1.06 bits per heavy atom. The lowest BCUT2D eigenvalue weighted by Gasteiger charge is -2.07. The Morgan fingerprint density at radius 2 is 1.76 bits per heavy atom.